The van der Waals surface area contributed by atoms with Crippen LogP contribution in [0, 0.1) is 11.6 Å². The molecule has 0 aliphatic heterocycles. The number of hydrogen-bond acceptors (Lipinski definition) is 2. The smallest absolute Gasteiger partial charge is 0.131 e. The van der Waals surface area contributed by atoms with Crippen LogP contribution >= 0.6 is 11.8 Å². The third-order valence-electron chi connectivity index (χ3n) is 1.65. The molecule has 72 valence electrons. The molecule has 0 spiro atoms. The standard InChI is InChI=1S/C9H10F2OS/c1-13-5-9(12)7-3-2-6(10)4-8(7)11/h2-4,9,12H,5H2,1H3. The van der Waals surface area contributed by atoms with Crippen molar-refractivity contribution in [2.75, 3.05) is 12.0 Å². The molecule has 13 heavy (non-hydrogen) atoms. The zero-order valence-corrected chi connectivity index (χ0v) is 7.94. The third-order valence-corrected chi connectivity index (χ3v) is 2.30. The first-order chi connectivity index (χ1) is 6.15. The third kappa shape index (κ3) is 2.67. The Morgan fingerprint density at radius 2 is 2.15 bits per heavy atom. The Balaban J connectivity index is 2.88. The highest BCUT2D eigenvalue weighted by Gasteiger charge is 2.12. The molecule has 1 N–H and O–H groups in total. The van der Waals surface area contributed by atoms with Crippen LogP contribution in [-0.2, 0) is 0 Å². The van der Waals surface area contributed by atoms with Crippen molar-refractivity contribution in [3.63, 3.8) is 0 Å². The quantitative estimate of drug-likeness (QED) is 0.815. The van der Waals surface area contributed by atoms with E-state index in [-0.39, 0.29) is 5.56 Å². The monoisotopic (exact) mass is 204 g/mol. The number of hydrogen-bond donors (Lipinski definition) is 1. The van der Waals surface area contributed by atoms with Crippen molar-refractivity contribution in [2.45, 2.75) is 6.10 Å². The van der Waals surface area contributed by atoms with E-state index in [9.17, 15) is 13.9 Å². The molecular weight excluding hydrogens is 194 g/mol. The highest BCUT2D eigenvalue weighted by atomic mass is 32.2. The van der Waals surface area contributed by atoms with Crippen molar-refractivity contribution in [3.8, 4) is 0 Å². The van der Waals surface area contributed by atoms with Crippen molar-refractivity contribution >= 4 is 11.8 Å². The summed E-state index contributed by atoms with van der Waals surface area (Å²) in [6.07, 6.45) is 0.945. The second-order valence-corrected chi connectivity index (χ2v) is 3.55. The fraction of sp³-hybridized carbons (Fsp3) is 0.333. The normalized spacial score (nSPS) is 12.9. The van der Waals surface area contributed by atoms with Crippen LogP contribution in [-0.4, -0.2) is 17.1 Å². The molecule has 1 rings (SSSR count). The minimum atomic E-state index is -0.865. The number of thioether (sulfide) groups is 1. The summed E-state index contributed by atoms with van der Waals surface area (Å²) < 4.78 is 25.5. The van der Waals surface area contributed by atoms with Gasteiger partial charge in [0.1, 0.15) is 11.6 Å². The second kappa shape index (κ2) is 4.58. The van der Waals surface area contributed by atoms with Gasteiger partial charge < -0.3 is 5.11 Å². The minimum absolute atomic E-state index is 0.149. The average molecular weight is 204 g/mol. The minimum Gasteiger partial charge on any atom is -0.387 e. The molecule has 1 aromatic carbocycles. The molecule has 1 atom stereocenters. The van der Waals surface area contributed by atoms with E-state index < -0.39 is 17.7 Å². The van der Waals surface area contributed by atoms with Gasteiger partial charge >= 0.3 is 0 Å². The van der Waals surface area contributed by atoms with E-state index in [1.165, 1.54) is 17.8 Å². The topological polar surface area (TPSA) is 20.2 Å². The highest BCUT2D eigenvalue weighted by Crippen LogP contribution is 2.20. The van der Waals surface area contributed by atoms with Crippen molar-refractivity contribution in [2.24, 2.45) is 0 Å². The maximum Gasteiger partial charge on any atom is 0.131 e. The molecular formula is C9H10F2OS. The lowest BCUT2D eigenvalue weighted by Crippen LogP contribution is -2.03. The molecule has 0 aliphatic rings. The fourth-order valence-electron chi connectivity index (χ4n) is 1.02. The van der Waals surface area contributed by atoms with E-state index in [2.05, 4.69) is 0 Å². The van der Waals surface area contributed by atoms with Crippen LogP contribution in [0.25, 0.3) is 0 Å². The molecule has 1 unspecified atom stereocenters. The maximum absolute atomic E-state index is 13.0. The van der Waals surface area contributed by atoms with Crippen LogP contribution in [0.4, 0.5) is 8.78 Å². The van der Waals surface area contributed by atoms with E-state index >= 15 is 0 Å². The lowest BCUT2D eigenvalue weighted by atomic mass is 10.1. The van der Waals surface area contributed by atoms with Crippen molar-refractivity contribution in [1.29, 1.82) is 0 Å². The summed E-state index contributed by atoms with van der Waals surface area (Å²) in [5.74, 6) is -0.915. The van der Waals surface area contributed by atoms with Gasteiger partial charge in [0.2, 0.25) is 0 Å². The van der Waals surface area contributed by atoms with E-state index in [0.29, 0.717) is 5.75 Å². The van der Waals surface area contributed by atoms with Crippen LogP contribution < -0.4 is 0 Å². The molecule has 0 aliphatic carbocycles. The van der Waals surface area contributed by atoms with Crippen molar-refractivity contribution < 1.29 is 13.9 Å². The molecule has 1 aromatic rings. The van der Waals surface area contributed by atoms with Gasteiger partial charge in [-0.25, -0.2) is 8.78 Å². The molecule has 0 amide bonds. The van der Waals surface area contributed by atoms with E-state index in [1.54, 1.807) is 0 Å². The van der Waals surface area contributed by atoms with Crippen molar-refractivity contribution in [3.05, 3.63) is 35.4 Å². The zero-order valence-electron chi connectivity index (χ0n) is 7.13. The second-order valence-electron chi connectivity index (χ2n) is 2.64. The van der Waals surface area contributed by atoms with Gasteiger partial charge in [-0.15, -0.1) is 0 Å². The molecule has 1 nitrogen and oxygen atoms in total. The predicted octanol–water partition coefficient (Wildman–Crippen LogP) is 2.36. The van der Waals surface area contributed by atoms with Gasteiger partial charge in [0.05, 0.1) is 6.10 Å². The number of benzene rings is 1. The first kappa shape index (κ1) is 10.5. The predicted molar refractivity (Wildman–Crippen MR) is 49.7 cm³/mol. The Bertz CT molecular complexity index is 291. The van der Waals surface area contributed by atoms with Crippen LogP contribution in [0.1, 0.15) is 11.7 Å². The molecule has 0 radical (unpaired) electrons. The Kier molecular flexibility index (Phi) is 3.69. The van der Waals surface area contributed by atoms with E-state index in [0.717, 1.165) is 12.1 Å². The highest BCUT2D eigenvalue weighted by molar-refractivity contribution is 7.98. The molecule has 4 heteroatoms. The number of aliphatic hydroxyl groups excluding tert-OH is 1. The summed E-state index contributed by atoms with van der Waals surface area (Å²) in [7, 11) is 0. The first-order valence-electron chi connectivity index (χ1n) is 3.77. The Labute approximate surface area is 79.8 Å². The lowest BCUT2D eigenvalue weighted by molar-refractivity contribution is 0.199. The fourth-order valence-corrected chi connectivity index (χ4v) is 1.51. The van der Waals surface area contributed by atoms with Crippen molar-refractivity contribution in [1.82, 2.24) is 0 Å². The average Bonchev–Trinajstić information content (AvgIpc) is 2.04. The molecule has 0 fully saturated rings. The zero-order chi connectivity index (χ0) is 9.84. The number of halogens is 2. The number of rotatable bonds is 3. The van der Waals surface area contributed by atoms with Crippen LogP contribution in [0.3, 0.4) is 0 Å². The Hall–Kier alpha value is -0.610. The van der Waals surface area contributed by atoms with Gasteiger partial charge in [0.25, 0.3) is 0 Å². The molecule has 0 heterocycles. The Morgan fingerprint density at radius 3 is 2.69 bits per heavy atom. The summed E-state index contributed by atoms with van der Waals surface area (Å²) in [6, 6.07) is 3.19. The molecule has 0 bridgehead atoms. The van der Waals surface area contributed by atoms with Gasteiger partial charge in [-0.05, 0) is 12.3 Å². The van der Waals surface area contributed by atoms with Gasteiger partial charge in [-0.2, -0.15) is 11.8 Å². The largest absolute Gasteiger partial charge is 0.387 e. The first-order valence-corrected chi connectivity index (χ1v) is 5.16. The van der Waals surface area contributed by atoms with Gasteiger partial charge in [-0.1, -0.05) is 6.07 Å². The number of aliphatic hydroxyl groups is 1. The Morgan fingerprint density at radius 1 is 1.46 bits per heavy atom. The summed E-state index contributed by atoms with van der Waals surface area (Å²) >= 11 is 1.41. The maximum atomic E-state index is 13.0. The lowest BCUT2D eigenvalue weighted by Gasteiger charge is -2.09. The summed E-state index contributed by atoms with van der Waals surface area (Å²) in [5.41, 5.74) is 0.149. The van der Waals surface area contributed by atoms with Crippen LogP contribution in [0.2, 0.25) is 0 Å². The molecule has 0 saturated heterocycles. The SMILES string of the molecule is CSCC(O)c1ccc(F)cc1F. The molecule has 0 saturated carbocycles. The van der Waals surface area contributed by atoms with Gasteiger partial charge in [0.15, 0.2) is 0 Å². The molecule has 0 aromatic heterocycles. The van der Waals surface area contributed by atoms with E-state index in [4.69, 9.17) is 0 Å². The van der Waals surface area contributed by atoms with Gasteiger partial charge in [0, 0.05) is 17.4 Å². The summed E-state index contributed by atoms with van der Waals surface area (Å²) in [5, 5.41) is 9.41. The van der Waals surface area contributed by atoms with Crippen LogP contribution in [0.15, 0.2) is 18.2 Å². The summed E-state index contributed by atoms with van der Waals surface area (Å²) in [4.78, 5) is 0. The van der Waals surface area contributed by atoms with E-state index in [1.807, 2.05) is 6.26 Å². The van der Waals surface area contributed by atoms with Crippen LogP contribution in [0.5, 0.6) is 0 Å². The summed E-state index contributed by atoms with van der Waals surface area (Å²) in [6.45, 7) is 0. The van der Waals surface area contributed by atoms with Gasteiger partial charge in [-0.3, -0.25) is 0 Å².